The predicted molar refractivity (Wildman–Crippen MR) is 90.1 cm³/mol. The fraction of sp³-hybridized carbons (Fsp3) is 0. The minimum absolute atomic E-state index is 0.204. The summed E-state index contributed by atoms with van der Waals surface area (Å²) >= 11 is 0. The van der Waals surface area contributed by atoms with E-state index in [1.54, 1.807) is 0 Å². The summed E-state index contributed by atoms with van der Waals surface area (Å²) in [5, 5.41) is 2.36. The van der Waals surface area contributed by atoms with Crippen LogP contribution in [-0.2, 0) is 0 Å². The molecular weight excluding hydrogens is 274 g/mol. The molecule has 0 aliphatic rings. The summed E-state index contributed by atoms with van der Waals surface area (Å²) in [5.74, 6) is 0. The molecular formula is C18H13N3O. The largest absolute Gasteiger partial charge is 0.323 e. The van der Waals surface area contributed by atoms with Crippen LogP contribution >= 0.6 is 0 Å². The van der Waals surface area contributed by atoms with Crippen molar-refractivity contribution in [2.45, 2.75) is 0 Å². The van der Waals surface area contributed by atoms with Crippen molar-refractivity contribution < 1.29 is 0 Å². The Morgan fingerprint density at radius 1 is 0.864 bits per heavy atom. The Hall–Kier alpha value is -3.14. The number of aromatic nitrogens is 2. The SMILES string of the molecule is O=c1[nH]c2ccc(N=Cc3cccc4ccccc34)cc2[nH]1. The molecule has 4 rings (SSSR count). The number of benzene rings is 3. The smallest absolute Gasteiger partial charge is 0.306 e. The molecule has 0 unspecified atom stereocenters. The molecule has 4 heteroatoms. The van der Waals surface area contributed by atoms with Crippen LogP contribution < -0.4 is 5.69 Å². The molecule has 3 aromatic carbocycles. The average molecular weight is 287 g/mol. The fourth-order valence-corrected chi connectivity index (χ4v) is 2.61. The van der Waals surface area contributed by atoms with Crippen molar-refractivity contribution in [2.24, 2.45) is 4.99 Å². The van der Waals surface area contributed by atoms with E-state index in [2.05, 4.69) is 33.2 Å². The number of imidazole rings is 1. The molecule has 106 valence electrons. The zero-order valence-corrected chi connectivity index (χ0v) is 11.7. The van der Waals surface area contributed by atoms with Crippen LogP contribution in [-0.4, -0.2) is 16.2 Å². The lowest BCUT2D eigenvalue weighted by atomic mass is 10.1. The Morgan fingerprint density at radius 3 is 2.64 bits per heavy atom. The third-order valence-corrected chi connectivity index (χ3v) is 3.68. The minimum atomic E-state index is -0.204. The summed E-state index contributed by atoms with van der Waals surface area (Å²) in [6.45, 7) is 0. The summed E-state index contributed by atoms with van der Waals surface area (Å²) in [6, 6.07) is 20.0. The standard InChI is InChI=1S/C18H13N3O/c22-18-20-16-9-8-14(10-17(16)21-18)19-11-13-6-3-5-12-4-1-2-7-15(12)13/h1-11H,(H2,20,21,22). The second kappa shape index (κ2) is 5.00. The van der Waals surface area contributed by atoms with Gasteiger partial charge in [0.15, 0.2) is 0 Å². The monoisotopic (exact) mass is 287 g/mol. The molecule has 4 aromatic rings. The number of nitrogens with zero attached hydrogens (tertiary/aromatic N) is 1. The number of nitrogens with one attached hydrogen (secondary N) is 2. The van der Waals surface area contributed by atoms with E-state index in [0.29, 0.717) is 0 Å². The Kier molecular flexibility index (Phi) is 2.86. The van der Waals surface area contributed by atoms with Gasteiger partial charge in [-0.05, 0) is 29.0 Å². The van der Waals surface area contributed by atoms with Gasteiger partial charge in [0.1, 0.15) is 0 Å². The quantitative estimate of drug-likeness (QED) is 0.542. The van der Waals surface area contributed by atoms with E-state index < -0.39 is 0 Å². The Morgan fingerprint density at radius 2 is 1.68 bits per heavy atom. The number of hydrogen-bond acceptors (Lipinski definition) is 2. The number of hydrogen-bond donors (Lipinski definition) is 2. The second-order valence-electron chi connectivity index (χ2n) is 5.14. The number of rotatable bonds is 2. The van der Waals surface area contributed by atoms with E-state index in [-0.39, 0.29) is 5.69 Å². The molecule has 0 fully saturated rings. The molecule has 1 aromatic heterocycles. The molecule has 2 N–H and O–H groups in total. The van der Waals surface area contributed by atoms with Crippen LogP contribution in [0.15, 0.2) is 70.5 Å². The van der Waals surface area contributed by atoms with Crippen molar-refractivity contribution in [1.82, 2.24) is 9.97 Å². The zero-order chi connectivity index (χ0) is 14.9. The molecule has 0 amide bonds. The molecule has 1 heterocycles. The molecule has 0 saturated heterocycles. The van der Waals surface area contributed by atoms with Gasteiger partial charge >= 0.3 is 5.69 Å². The van der Waals surface area contributed by atoms with Gasteiger partial charge in [-0.15, -0.1) is 0 Å². The first-order valence-corrected chi connectivity index (χ1v) is 7.03. The van der Waals surface area contributed by atoms with Crippen LogP contribution in [0.25, 0.3) is 21.8 Å². The highest BCUT2D eigenvalue weighted by Gasteiger charge is 2.00. The lowest BCUT2D eigenvalue weighted by Gasteiger charge is -2.01. The second-order valence-corrected chi connectivity index (χ2v) is 5.14. The van der Waals surface area contributed by atoms with Crippen LogP contribution in [0.4, 0.5) is 5.69 Å². The van der Waals surface area contributed by atoms with Crippen molar-refractivity contribution in [2.75, 3.05) is 0 Å². The van der Waals surface area contributed by atoms with Crippen molar-refractivity contribution in [3.63, 3.8) is 0 Å². The third kappa shape index (κ3) is 2.20. The Balaban J connectivity index is 1.76. The summed E-state index contributed by atoms with van der Waals surface area (Å²) < 4.78 is 0. The van der Waals surface area contributed by atoms with E-state index >= 15 is 0 Å². The summed E-state index contributed by atoms with van der Waals surface area (Å²) in [5.41, 5.74) is 3.22. The minimum Gasteiger partial charge on any atom is -0.306 e. The Bertz CT molecular complexity index is 1050. The molecule has 0 bridgehead atoms. The van der Waals surface area contributed by atoms with Gasteiger partial charge in [0.2, 0.25) is 0 Å². The number of aromatic amines is 2. The molecule has 0 aliphatic carbocycles. The fourth-order valence-electron chi connectivity index (χ4n) is 2.61. The van der Waals surface area contributed by atoms with Gasteiger partial charge in [0, 0.05) is 11.8 Å². The van der Waals surface area contributed by atoms with E-state index in [4.69, 9.17) is 0 Å². The van der Waals surface area contributed by atoms with Gasteiger partial charge in [-0.3, -0.25) is 4.99 Å². The first-order valence-electron chi connectivity index (χ1n) is 7.03. The number of H-pyrrole nitrogens is 2. The molecule has 4 nitrogen and oxygen atoms in total. The maximum Gasteiger partial charge on any atom is 0.323 e. The highest BCUT2D eigenvalue weighted by atomic mass is 16.1. The highest BCUT2D eigenvalue weighted by molar-refractivity contribution is 6.00. The maximum absolute atomic E-state index is 11.3. The molecule has 0 atom stereocenters. The molecule has 22 heavy (non-hydrogen) atoms. The van der Waals surface area contributed by atoms with Gasteiger partial charge in [-0.1, -0.05) is 42.5 Å². The average Bonchev–Trinajstić information content (AvgIpc) is 2.92. The lowest BCUT2D eigenvalue weighted by Crippen LogP contribution is -1.99. The topological polar surface area (TPSA) is 61.0 Å². The molecule has 0 saturated carbocycles. The van der Waals surface area contributed by atoms with Crippen molar-refractivity contribution in [3.05, 3.63) is 76.7 Å². The van der Waals surface area contributed by atoms with E-state index in [9.17, 15) is 4.79 Å². The van der Waals surface area contributed by atoms with E-state index in [1.165, 1.54) is 10.8 Å². The van der Waals surface area contributed by atoms with Crippen molar-refractivity contribution in [3.8, 4) is 0 Å². The van der Waals surface area contributed by atoms with Crippen LogP contribution in [0.1, 0.15) is 5.56 Å². The van der Waals surface area contributed by atoms with Gasteiger partial charge in [-0.25, -0.2) is 4.79 Å². The van der Waals surface area contributed by atoms with E-state index in [0.717, 1.165) is 22.3 Å². The van der Waals surface area contributed by atoms with Crippen molar-refractivity contribution >= 4 is 33.7 Å². The summed E-state index contributed by atoms with van der Waals surface area (Å²) in [4.78, 5) is 21.3. The number of fused-ring (bicyclic) bond motifs is 2. The normalized spacial score (nSPS) is 11.6. The van der Waals surface area contributed by atoms with Crippen LogP contribution in [0.2, 0.25) is 0 Å². The van der Waals surface area contributed by atoms with Gasteiger partial charge < -0.3 is 9.97 Å². The predicted octanol–water partition coefficient (Wildman–Crippen LogP) is 3.76. The third-order valence-electron chi connectivity index (χ3n) is 3.68. The van der Waals surface area contributed by atoms with Crippen LogP contribution in [0, 0.1) is 0 Å². The maximum atomic E-state index is 11.3. The Labute approximate surface area is 126 Å². The summed E-state index contributed by atoms with van der Waals surface area (Å²) in [6.07, 6.45) is 1.86. The van der Waals surface area contributed by atoms with Gasteiger partial charge in [-0.2, -0.15) is 0 Å². The molecule has 0 aliphatic heterocycles. The summed E-state index contributed by atoms with van der Waals surface area (Å²) in [7, 11) is 0. The van der Waals surface area contributed by atoms with E-state index in [1.807, 2.05) is 48.7 Å². The van der Waals surface area contributed by atoms with Crippen molar-refractivity contribution in [1.29, 1.82) is 0 Å². The highest BCUT2D eigenvalue weighted by Crippen LogP contribution is 2.20. The molecule has 0 radical (unpaired) electrons. The van der Waals surface area contributed by atoms with Crippen LogP contribution in [0.5, 0.6) is 0 Å². The van der Waals surface area contributed by atoms with Gasteiger partial charge in [0.05, 0.1) is 16.7 Å². The lowest BCUT2D eigenvalue weighted by molar-refractivity contribution is 1.21. The van der Waals surface area contributed by atoms with Gasteiger partial charge in [0.25, 0.3) is 0 Å². The zero-order valence-electron chi connectivity index (χ0n) is 11.7. The first kappa shape index (κ1) is 12.6. The molecule has 0 spiro atoms. The van der Waals surface area contributed by atoms with Crippen LogP contribution in [0.3, 0.4) is 0 Å². The first-order chi connectivity index (χ1) is 10.8. The number of aliphatic imine (C=N–C) groups is 1.